The van der Waals surface area contributed by atoms with E-state index in [1.165, 1.54) is 18.4 Å². The molecule has 24 heavy (non-hydrogen) atoms. The van der Waals surface area contributed by atoms with Crippen LogP contribution in [0.25, 0.3) is 0 Å². The molecule has 1 atom stereocenters. The second-order valence-electron chi connectivity index (χ2n) is 6.09. The summed E-state index contributed by atoms with van der Waals surface area (Å²) in [4.78, 5) is 4.65. The smallest absolute Gasteiger partial charge is 0.192 e. The molecule has 0 bridgehead atoms. The van der Waals surface area contributed by atoms with E-state index in [1.807, 2.05) is 36.4 Å². The molecule has 3 rings (SSSR count). The van der Waals surface area contributed by atoms with Crippen LogP contribution >= 0.6 is 0 Å². The van der Waals surface area contributed by atoms with Crippen LogP contribution in [0.15, 0.2) is 65.7 Å². The molecule has 0 spiro atoms. The van der Waals surface area contributed by atoms with Crippen LogP contribution in [0.1, 0.15) is 31.4 Å². The van der Waals surface area contributed by atoms with E-state index in [1.54, 1.807) is 0 Å². The maximum absolute atomic E-state index is 5.70. The molecule has 0 amide bonds. The van der Waals surface area contributed by atoms with Crippen molar-refractivity contribution in [3.8, 4) is 5.75 Å². The highest BCUT2D eigenvalue weighted by Crippen LogP contribution is 2.19. The van der Waals surface area contributed by atoms with Crippen LogP contribution in [-0.4, -0.2) is 25.2 Å². The Labute approximate surface area is 144 Å². The van der Waals surface area contributed by atoms with E-state index in [0.717, 1.165) is 11.7 Å². The van der Waals surface area contributed by atoms with Gasteiger partial charge in [-0.2, -0.15) is 0 Å². The minimum Gasteiger partial charge on any atom is -0.492 e. The minimum absolute atomic E-state index is 0.214. The number of aliphatic imine (C=N–C) groups is 1. The fourth-order valence-electron chi connectivity index (χ4n) is 2.42. The number of benzene rings is 2. The standard InChI is InChI=1S/C20H25N3O/c1-16(17-8-4-2-5-9-17)22-20(23-18-12-13-18)21-14-15-24-19-10-6-3-7-11-19/h2-11,16,18H,12-15H2,1H3,(H2,21,22,23). The number of para-hydroxylation sites is 1. The fourth-order valence-corrected chi connectivity index (χ4v) is 2.42. The van der Waals surface area contributed by atoms with Gasteiger partial charge in [0.1, 0.15) is 12.4 Å². The summed E-state index contributed by atoms with van der Waals surface area (Å²) in [5, 5.41) is 6.96. The van der Waals surface area contributed by atoms with Gasteiger partial charge in [0.05, 0.1) is 12.6 Å². The van der Waals surface area contributed by atoms with Gasteiger partial charge in [0.25, 0.3) is 0 Å². The first-order chi connectivity index (χ1) is 11.8. The third-order valence-corrected chi connectivity index (χ3v) is 3.94. The largest absolute Gasteiger partial charge is 0.492 e. The minimum atomic E-state index is 0.214. The van der Waals surface area contributed by atoms with Gasteiger partial charge in [0.15, 0.2) is 5.96 Å². The van der Waals surface area contributed by atoms with Crippen molar-refractivity contribution in [3.63, 3.8) is 0 Å². The molecule has 1 aliphatic rings. The summed E-state index contributed by atoms with van der Waals surface area (Å²) < 4.78 is 5.70. The van der Waals surface area contributed by atoms with Gasteiger partial charge in [0, 0.05) is 6.04 Å². The Morgan fingerprint density at radius 3 is 2.42 bits per heavy atom. The monoisotopic (exact) mass is 323 g/mol. The number of nitrogens with zero attached hydrogens (tertiary/aromatic N) is 1. The third kappa shape index (κ3) is 5.30. The van der Waals surface area contributed by atoms with Gasteiger partial charge in [-0.25, -0.2) is 4.99 Å². The van der Waals surface area contributed by atoms with Crippen LogP contribution in [0.2, 0.25) is 0 Å². The number of hydrogen-bond acceptors (Lipinski definition) is 2. The van der Waals surface area contributed by atoms with E-state index >= 15 is 0 Å². The molecule has 2 aromatic rings. The zero-order valence-corrected chi connectivity index (χ0v) is 14.1. The number of ether oxygens (including phenoxy) is 1. The molecular weight excluding hydrogens is 298 g/mol. The van der Waals surface area contributed by atoms with Crippen molar-refractivity contribution >= 4 is 5.96 Å². The molecule has 4 nitrogen and oxygen atoms in total. The van der Waals surface area contributed by atoms with Crippen molar-refractivity contribution in [2.45, 2.75) is 31.8 Å². The number of hydrogen-bond donors (Lipinski definition) is 2. The van der Waals surface area contributed by atoms with Crippen LogP contribution < -0.4 is 15.4 Å². The number of nitrogens with one attached hydrogen (secondary N) is 2. The van der Waals surface area contributed by atoms with E-state index in [-0.39, 0.29) is 6.04 Å². The van der Waals surface area contributed by atoms with Crippen molar-refractivity contribution in [2.24, 2.45) is 4.99 Å². The molecular formula is C20H25N3O. The predicted molar refractivity (Wildman–Crippen MR) is 98.4 cm³/mol. The lowest BCUT2D eigenvalue weighted by Crippen LogP contribution is -2.40. The van der Waals surface area contributed by atoms with Crippen molar-refractivity contribution < 1.29 is 4.74 Å². The second-order valence-corrected chi connectivity index (χ2v) is 6.09. The van der Waals surface area contributed by atoms with Crippen LogP contribution in [0.4, 0.5) is 0 Å². The molecule has 1 aliphatic carbocycles. The maximum atomic E-state index is 5.70. The van der Waals surface area contributed by atoms with E-state index in [9.17, 15) is 0 Å². The fraction of sp³-hybridized carbons (Fsp3) is 0.350. The first kappa shape index (κ1) is 16.4. The van der Waals surface area contributed by atoms with Crippen molar-refractivity contribution in [2.75, 3.05) is 13.2 Å². The Kier molecular flexibility index (Phi) is 5.72. The Morgan fingerprint density at radius 2 is 1.75 bits per heavy atom. The van der Waals surface area contributed by atoms with Crippen LogP contribution in [0.3, 0.4) is 0 Å². The lowest BCUT2D eigenvalue weighted by Gasteiger charge is -2.18. The number of rotatable bonds is 7. The van der Waals surface area contributed by atoms with Gasteiger partial charge >= 0.3 is 0 Å². The SMILES string of the molecule is CC(NC(=NCCOc1ccccc1)NC1CC1)c1ccccc1. The normalized spacial score (nSPS) is 15.6. The maximum Gasteiger partial charge on any atom is 0.192 e. The van der Waals surface area contributed by atoms with E-state index < -0.39 is 0 Å². The molecule has 4 heteroatoms. The van der Waals surface area contributed by atoms with Gasteiger partial charge in [-0.1, -0.05) is 48.5 Å². The summed E-state index contributed by atoms with van der Waals surface area (Å²) in [7, 11) is 0. The first-order valence-corrected chi connectivity index (χ1v) is 8.61. The van der Waals surface area contributed by atoms with Crippen LogP contribution in [-0.2, 0) is 0 Å². The molecule has 1 saturated carbocycles. The Hall–Kier alpha value is -2.49. The van der Waals surface area contributed by atoms with E-state index in [0.29, 0.717) is 19.2 Å². The van der Waals surface area contributed by atoms with E-state index in [4.69, 9.17) is 4.74 Å². The Balaban J connectivity index is 1.52. The summed E-state index contributed by atoms with van der Waals surface area (Å²) in [6, 6.07) is 21.1. The van der Waals surface area contributed by atoms with Crippen molar-refractivity contribution in [1.82, 2.24) is 10.6 Å². The predicted octanol–water partition coefficient (Wildman–Crippen LogP) is 3.52. The quantitative estimate of drug-likeness (QED) is 0.465. The highest BCUT2D eigenvalue weighted by Gasteiger charge is 2.23. The summed E-state index contributed by atoms with van der Waals surface area (Å²) in [5.41, 5.74) is 1.25. The molecule has 126 valence electrons. The Bertz CT molecular complexity index is 638. The van der Waals surface area contributed by atoms with E-state index in [2.05, 4.69) is 46.8 Å². The van der Waals surface area contributed by atoms with Gasteiger partial charge in [-0.15, -0.1) is 0 Å². The highest BCUT2D eigenvalue weighted by molar-refractivity contribution is 5.80. The average Bonchev–Trinajstić information content (AvgIpc) is 3.44. The molecule has 0 aromatic heterocycles. The molecule has 0 aliphatic heterocycles. The van der Waals surface area contributed by atoms with Crippen LogP contribution in [0.5, 0.6) is 5.75 Å². The molecule has 1 fully saturated rings. The van der Waals surface area contributed by atoms with Crippen LogP contribution in [0, 0.1) is 0 Å². The van der Waals surface area contributed by atoms with Gasteiger partial charge < -0.3 is 15.4 Å². The molecule has 1 unspecified atom stereocenters. The zero-order chi connectivity index (χ0) is 16.6. The number of guanidine groups is 1. The Morgan fingerprint density at radius 1 is 1.08 bits per heavy atom. The van der Waals surface area contributed by atoms with Crippen molar-refractivity contribution in [3.05, 3.63) is 66.2 Å². The molecule has 0 radical (unpaired) electrons. The zero-order valence-electron chi connectivity index (χ0n) is 14.1. The lowest BCUT2D eigenvalue weighted by atomic mass is 10.1. The summed E-state index contributed by atoms with van der Waals surface area (Å²) in [5.74, 6) is 1.75. The van der Waals surface area contributed by atoms with Gasteiger partial charge in [-0.05, 0) is 37.5 Å². The highest BCUT2D eigenvalue weighted by atomic mass is 16.5. The third-order valence-electron chi connectivity index (χ3n) is 3.94. The summed E-state index contributed by atoms with van der Waals surface area (Å²) in [6.07, 6.45) is 2.45. The molecule has 2 aromatic carbocycles. The topological polar surface area (TPSA) is 45.7 Å². The average molecular weight is 323 g/mol. The summed E-state index contributed by atoms with van der Waals surface area (Å²) in [6.45, 7) is 3.35. The van der Waals surface area contributed by atoms with Crippen molar-refractivity contribution in [1.29, 1.82) is 0 Å². The van der Waals surface area contributed by atoms with Gasteiger partial charge in [-0.3, -0.25) is 0 Å². The molecule has 0 heterocycles. The first-order valence-electron chi connectivity index (χ1n) is 8.61. The van der Waals surface area contributed by atoms with Gasteiger partial charge in [0.2, 0.25) is 0 Å². The molecule has 2 N–H and O–H groups in total. The summed E-state index contributed by atoms with van der Waals surface area (Å²) >= 11 is 0. The lowest BCUT2D eigenvalue weighted by molar-refractivity contribution is 0.328. The second kappa shape index (κ2) is 8.39. The molecule has 0 saturated heterocycles.